The molecular formula is C11H9FN2OS. The van der Waals surface area contributed by atoms with E-state index >= 15 is 0 Å². The van der Waals surface area contributed by atoms with Crippen molar-refractivity contribution < 1.29 is 9.18 Å². The van der Waals surface area contributed by atoms with E-state index in [2.05, 4.69) is 12.6 Å². The maximum absolute atomic E-state index is 13.6. The van der Waals surface area contributed by atoms with Crippen LogP contribution in [-0.4, -0.2) is 17.7 Å². The van der Waals surface area contributed by atoms with Crippen molar-refractivity contribution in [3.05, 3.63) is 29.6 Å². The van der Waals surface area contributed by atoms with Crippen molar-refractivity contribution in [1.82, 2.24) is 0 Å². The van der Waals surface area contributed by atoms with Crippen molar-refractivity contribution in [3.63, 3.8) is 0 Å². The number of halogens is 1. The minimum Gasteiger partial charge on any atom is -0.309 e. The molecule has 1 fully saturated rings. The van der Waals surface area contributed by atoms with Gasteiger partial charge in [0, 0.05) is 18.2 Å². The Kier molecular flexibility index (Phi) is 2.84. The van der Waals surface area contributed by atoms with Crippen LogP contribution in [0.1, 0.15) is 12.0 Å². The van der Waals surface area contributed by atoms with E-state index in [1.165, 1.54) is 17.0 Å². The minimum atomic E-state index is -0.546. The number of thiol groups is 1. The van der Waals surface area contributed by atoms with Gasteiger partial charge in [0.2, 0.25) is 5.91 Å². The van der Waals surface area contributed by atoms with Crippen LogP contribution in [0, 0.1) is 17.1 Å². The van der Waals surface area contributed by atoms with Gasteiger partial charge in [0.25, 0.3) is 0 Å². The third kappa shape index (κ3) is 1.89. The second-order valence-corrected chi connectivity index (χ2v) is 4.37. The number of rotatable bonds is 1. The fourth-order valence-corrected chi connectivity index (χ4v) is 2.04. The Morgan fingerprint density at radius 1 is 1.56 bits per heavy atom. The summed E-state index contributed by atoms with van der Waals surface area (Å²) in [5, 5.41) is 8.55. The smallest absolute Gasteiger partial charge is 0.228 e. The number of benzene rings is 1. The Hall–Kier alpha value is -1.54. The molecule has 1 saturated heterocycles. The van der Waals surface area contributed by atoms with Gasteiger partial charge in [-0.2, -0.15) is 17.9 Å². The van der Waals surface area contributed by atoms with Gasteiger partial charge >= 0.3 is 0 Å². The van der Waals surface area contributed by atoms with E-state index < -0.39 is 5.82 Å². The molecule has 1 unspecified atom stereocenters. The Morgan fingerprint density at radius 3 is 2.81 bits per heavy atom. The zero-order valence-electron chi connectivity index (χ0n) is 8.35. The molecule has 1 aromatic rings. The standard InChI is InChI=1S/C11H9FN2OS/c12-9-3-7(5-13)1-2-10(9)14-6-8(16)4-11(14)15/h1-3,8,16H,4,6H2. The molecule has 16 heavy (non-hydrogen) atoms. The molecule has 1 atom stereocenters. The summed E-state index contributed by atoms with van der Waals surface area (Å²) in [7, 11) is 0. The Morgan fingerprint density at radius 2 is 2.31 bits per heavy atom. The third-order valence-electron chi connectivity index (χ3n) is 2.47. The molecule has 82 valence electrons. The van der Waals surface area contributed by atoms with Crippen LogP contribution in [0.3, 0.4) is 0 Å². The highest BCUT2D eigenvalue weighted by Crippen LogP contribution is 2.26. The van der Waals surface area contributed by atoms with Crippen LogP contribution in [0.15, 0.2) is 18.2 Å². The maximum Gasteiger partial charge on any atom is 0.228 e. The molecule has 1 aromatic carbocycles. The van der Waals surface area contributed by atoms with Gasteiger partial charge < -0.3 is 4.90 Å². The highest BCUT2D eigenvalue weighted by atomic mass is 32.1. The molecular weight excluding hydrogens is 227 g/mol. The topological polar surface area (TPSA) is 44.1 Å². The quantitative estimate of drug-likeness (QED) is 0.755. The second-order valence-electron chi connectivity index (χ2n) is 3.64. The minimum absolute atomic E-state index is 0.0532. The van der Waals surface area contributed by atoms with E-state index in [0.29, 0.717) is 13.0 Å². The number of carbonyl (C=O) groups is 1. The zero-order chi connectivity index (χ0) is 11.7. The molecule has 2 rings (SSSR count). The number of carbonyl (C=O) groups excluding carboxylic acids is 1. The van der Waals surface area contributed by atoms with Crippen LogP contribution in [0.25, 0.3) is 0 Å². The van der Waals surface area contributed by atoms with E-state index in [1.54, 1.807) is 0 Å². The number of hydrogen-bond acceptors (Lipinski definition) is 3. The van der Waals surface area contributed by atoms with E-state index in [0.717, 1.165) is 6.07 Å². The summed E-state index contributed by atoms with van der Waals surface area (Å²) in [5.41, 5.74) is 0.468. The molecule has 0 N–H and O–H groups in total. The zero-order valence-corrected chi connectivity index (χ0v) is 9.25. The van der Waals surface area contributed by atoms with E-state index in [4.69, 9.17) is 5.26 Å². The number of hydrogen-bond donors (Lipinski definition) is 1. The molecule has 0 aliphatic carbocycles. The molecule has 1 heterocycles. The largest absolute Gasteiger partial charge is 0.309 e. The first-order valence-electron chi connectivity index (χ1n) is 4.80. The monoisotopic (exact) mass is 236 g/mol. The van der Waals surface area contributed by atoms with Crippen LogP contribution in [0.4, 0.5) is 10.1 Å². The van der Waals surface area contributed by atoms with Gasteiger partial charge in [-0.25, -0.2) is 4.39 Å². The molecule has 0 aromatic heterocycles. The van der Waals surface area contributed by atoms with Gasteiger partial charge in [-0.05, 0) is 18.2 Å². The normalized spacial score (nSPS) is 19.9. The summed E-state index contributed by atoms with van der Waals surface area (Å²) >= 11 is 4.20. The number of amides is 1. The van der Waals surface area contributed by atoms with Crippen LogP contribution in [0.5, 0.6) is 0 Å². The predicted octanol–water partition coefficient (Wildman–Crippen LogP) is 1.73. The van der Waals surface area contributed by atoms with Gasteiger partial charge in [0.1, 0.15) is 5.82 Å². The van der Waals surface area contributed by atoms with Gasteiger partial charge in [0.15, 0.2) is 0 Å². The first-order valence-corrected chi connectivity index (χ1v) is 5.31. The molecule has 5 heteroatoms. The van der Waals surface area contributed by atoms with E-state index in [-0.39, 0.29) is 22.4 Å². The van der Waals surface area contributed by atoms with Crippen molar-refractivity contribution >= 4 is 24.2 Å². The molecule has 0 spiro atoms. The summed E-state index contributed by atoms with van der Waals surface area (Å²) in [4.78, 5) is 12.9. The van der Waals surface area contributed by atoms with Gasteiger partial charge in [0.05, 0.1) is 17.3 Å². The Labute approximate surface area is 97.9 Å². The van der Waals surface area contributed by atoms with Crippen LogP contribution >= 0.6 is 12.6 Å². The number of nitriles is 1. The fourth-order valence-electron chi connectivity index (χ4n) is 1.72. The molecule has 1 amide bonds. The summed E-state index contributed by atoms with van der Waals surface area (Å²) in [6.07, 6.45) is 0.322. The average Bonchev–Trinajstić information content (AvgIpc) is 2.57. The first kappa shape index (κ1) is 11.0. The number of anilines is 1. The Bertz CT molecular complexity index is 483. The maximum atomic E-state index is 13.6. The highest BCUT2D eigenvalue weighted by molar-refractivity contribution is 7.81. The van der Waals surface area contributed by atoms with E-state index in [1.807, 2.05) is 6.07 Å². The molecule has 1 aliphatic heterocycles. The van der Waals surface area contributed by atoms with Crippen LogP contribution in [-0.2, 0) is 4.79 Å². The third-order valence-corrected chi connectivity index (χ3v) is 2.82. The Balaban J connectivity index is 2.35. The van der Waals surface area contributed by atoms with Crippen molar-refractivity contribution in [2.24, 2.45) is 0 Å². The molecule has 0 bridgehead atoms. The fraction of sp³-hybridized carbons (Fsp3) is 0.273. The highest BCUT2D eigenvalue weighted by Gasteiger charge is 2.29. The van der Waals surface area contributed by atoms with Gasteiger partial charge in [-0.3, -0.25) is 4.79 Å². The van der Waals surface area contributed by atoms with Crippen LogP contribution in [0.2, 0.25) is 0 Å². The summed E-state index contributed by atoms with van der Waals surface area (Å²) in [6.45, 7) is 0.408. The summed E-state index contributed by atoms with van der Waals surface area (Å²) < 4.78 is 13.6. The molecule has 0 radical (unpaired) electrons. The van der Waals surface area contributed by atoms with Crippen molar-refractivity contribution in [1.29, 1.82) is 5.26 Å². The SMILES string of the molecule is N#Cc1ccc(N2CC(S)CC2=O)c(F)c1. The molecule has 1 aliphatic rings. The number of nitrogens with zero attached hydrogens (tertiary/aromatic N) is 2. The van der Waals surface area contributed by atoms with Crippen molar-refractivity contribution in [2.75, 3.05) is 11.4 Å². The molecule has 0 saturated carbocycles. The lowest BCUT2D eigenvalue weighted by Gasteiger charge is -2.16. The van der Waals surface area contributed by atoms with Crippen molar-refractivity contribution in [2.45, 2.75) is 11.7 Å². The van der Waals surface area contributed by atoms with E-state index in [9.17, 15) is 9.18 Å². The first-order chi connectivity index (χ1) is 7.61. The average molecular weight is 236 g/mol. The predicted molar refractivity (Wildman–Crippen MR) is 60.9 cm³/mol. The summed E-state index contributed by atoms with van der Waals surface area (Å²) in [5.74, 6) is -0.682. The van der Waals surface area contributed by atoms with Crippen LogP contribution < -0.4 is 4.90 Å². The van der Waals surface area contributed by atoms with Crippen molar-refractivity contribution in [3.8, 4) is 6.07 Å². The summed E-state index contributed by atoms with van der Waals surface area (Å²) in [6, 6.07) is 5.93. The molecule has 3 nitrogen and oxygen atoms in total. The van der Waals surface area contributed by atoms with Gasteiger partial charge in [-0.1, -0.05) is 0 Å². The lowest BCUT2D eigenvalue weighted by molar-refractivity contribution is -0.117. The lowest BCUT2D eigenvalue weighted by Crippen LogP contribution is -2.25. The van der Waals surface area contributed by atoms with Gasteiger partial charge in [-0.15, -0.1) is 0 Å². The lowest BCUT2D eigenvalue weighted by atomic mass is 10.2. The second kappa shape index (κ2) is 4.14.